The maximum Gasteiger partial charge on any atom is 0.123 e. The Hall–Kier alpha value is -0.150. The molecule has 3 N–H and O–H groups in total. The van der Waals surface area contributed by atoms with Crippen molar-refractivity contribution in [3.63, 3.8) is 0 Å². The van der Waals surface area contributed by atoms with Crippen molar-refractivity contribution in [1.29, 1.82) is 0 Å². The SMILES string of the molecule is CC(C)(F)C1(N)CCNCC1. The number of piperidine rings is 1. The number of nitrogens with one attached hydrogen (secondary N) is 1. The van der Waals surface area contributed by atoms with Crippen molar-refractivity contribution in [2.45, 2.75) is 37.9 Å². The van der Waals surface area contributed by atoms with Crippen LogP contribution in [0, 0.1) is 0 Å². The minimum Gasteiger partial charge on any atom is -0.322 e. The van der Waals surface area contributed by atoms with Gasteiger partial charge in [0, 0.05) is 0 Å². The first kappa shape index (κ1) is 8.94. The number of hydrogen-bond donors (Lipinski definition) is 2. The average molecular weight is 160 g/mol. The molecule has 0 radical (unpaired) electrons. The summed E-state index contributed by atoms with van der Waals surface area (Å²) in [6, 6.07) is 0. The lowest BCUT2D eigenvalue weighted by Gasteiger charge is -2.41. The number of alkyl halides is 1. The van der Waals surface area contributed by atoms with E-state index in [4.69, 9.17) is 5.73 Å². The highest BCUT2D eigenvalue weighted by molar-refractivity contribution is 5.01. The van der Waals surface area contributed by atoms with Crippen LogP contribution < -0.4 is 11.1 Å². The summed E-state index contributed by atoms with van der Waals surface area (Å²) in [7, 11) is 0. The molecule has 0 unspecified atom stereocenters. The van der Waals surface area contributed by atoms with Crippen molar-refractivity contribution in [2.24, 2.45) is 5.73 Å². The third-order valence-electron chi connectivity index (χ3n) is 2.68. The highest BCUT2D eigenvalue weighted by Gasteiger charge is 2.42. The van der Waals surface area contributed by atoms with E-state index >= 15 is 0 Å². The van der Waals surface area contributed by atoms with E-state index in [9.17, 15) is 4.39 Å². The fourth-order valence-corrected chi connectivity index (χ4v) is 1.47. The maximum atomic E-state index is 13.5. The molecule has 0 saturated carbocycles. The Labute approximate surface area is 67.3 Å². The minimum atomic E-state index is -1.25. The van der Waals surface area contributed by atoms with Crippen LogP contribution in [0.1, 0.15) is 26.7 Å². The van der Waals surface area contributed by atoms with Gasteiger partial charge in [-0.15, -0.1) is 0 Å². The molecule has 1 aliphatic rings. The van der Waals surface area contributed by atoms with E-state index in [1.54, 1.807) is 13.8 Å². The molecule has 1 saturated heterocycles. The second kappa shape index (κ2) is 2.72. The van der Waals surface area contributed by atoms with E-state index in [2.05, 4.69) is 5.32 Å². The summed E-state index contributed by atoms with van der Waals surface area (Å²) in [5.74, 6) is 0. The van der Waals surface area contributed by atoms with Crippen LogP contribution in [0.5, 0.6) is 0 Å². The largest absolute Gasteiger partial charge is 0.322 e. The van der Waals surface area contributed by atoms with E-state index in [1.807, 2.05) is 0 Å². The summed E-state index contributed by atoms with van der Waals surface area (Å²) in [4.78, 5) is 0. The summed E-state index contributed by atoms with van der Waals surface area (Å²) >= 11 is 0. The zero-order valence-electron chi connectivity index (χ0n) is 7.28. The van der Waals surface area contributed by atoms with Crippen LogP contribution >= 0.6 is 0 Å². The van der Waals surface area contributed by atoms with E-state index in [1.165, 1.54) is 0 Å². The van der Waals surface area contributed by atoms with Gasteiger partial charge in [-0.3, -0.25) is 0 Å². The molecule has 1 fully saturated rings. The van der Waals surface area contributed by atoms with Gasteiger partial charge in [-0.25, -0.2) is 4.39 Å². The van der Waals surface area contributed by atoms with Crippen LogP contribution in [0.4, 0.5) is 4.39 Å². The molecule has 66 valence electrons. The number of nitrogens with two attached hydrogens (primary N) is 1. The third-order valence-corrected chi connectivity index (χ3v) is 2.68. The molecule has 0 amide bonds. The van der Waals surface area contributed by atoms with Gasteiger partial charge >= 0.3 is 0 Å². The van der Waals surface area contributed by atoms with Gasteiger partial charge < -0.3 is 11.1 Å². The van der Waals surface area contributed by atoms with Gasteiger partial charge in [0.25, 0.3) is 0 Å². The van der Waals surface area contributed by atoms with E-state index in [0.29, 0.717) is 0 Å². The molecule has 0 aromatic carbocycles. The van der Waals surface area contributed by atoms with Crippen LogP contribution in [0.25, 0.3) is 0 Å². The quantitative estimate of drug-likeness (QED) is 0.596. The Kier molecular flexibility index (Phi) is 2.21. The normalized spacial score (nSPS) is 25.1. The molecule has 0 aromatic heterocycles. The first-order chi connectivity index (χ1) is 4.96. The fraction of sp³-hybridized carbons (Fsp3) is 1.00. The summed E-state index contributed by atoms with van der Waals surface area (Å²) < 4.78 is 13.5. The molecule has 3 heteroatoms. The third kappa shape index (κ3) is 1.71. The van der Waals surface area contributed by atoms with E-state index in [0.717, 1.165) is 25.9 Å². The van der Waals surface area contributed by atoms with Gasteiger partial charge in [0.1, 0.15) is 5.67 Å². The van der Waals surface area contributed by atoms with Crippen molar-refractivity contribution in [3.8, 4) is 0 Å². The Bertz CT molecular complexity index is 134. The Morgan fingerprint density at radius 3 is 2.09 bits per heavy atom. The summed E-state index contributed by atoms with van der Waals surface area (Å²) in [6.07, 6.45) is 1.47. The molecule has 0 atom stereocenters. The lowest BCUT2D eigenvalue weighted by molar-refractivity contribution is 0.0683. The average Bonchev–Trinajstić information content (AvgIpc) is 1.87. The molecule has 11 heavy (non-hydrogen) atoms. The molecule has 1 heterocycles. The van der Waals surface area contributed by atoms with Gasteiger partial charge in [0.15, 0.2) is 0 Å². The van der Waals surface area contributed by atoms with E-state index < -0.39 is 11.2 Å². The first-order valence-electron chi connectivity index (χ1n) is 4.14. The zero-order valence-corrected chi connectivity index (χ0v) is 7.28. The summed E-state index contributed by atoms with van der Waals surface area (Å²) in [5, 5.41) is 3.17. The van der Waals surface area contributed by atoms with Crippen LogP contribution in [-0.4, -0.2) is 24.3 Å². The van der Waals surface area contributed by atoms with Gasteiger partial charge in [0.2, 0.25) is 0 Å². The lowest BCUT2D eigenvalue weighted by Crippen LogP contribution is -2.59. The molecular weight excluding hydrogens is 143 g/mol. The van der Waals surface area contributed by atoms with Crippen LogP contribution in [0.2, 0.25) is 0 Å². The molecule has 1 rings (SSSR count). The van der Waals surface area contributed by atoms with Crippen molar-refractivity contribution in [3.05, 3.63) is 0 Å². The molecule has 1 aliphatic heterocycles. The van der Waals surface area contributed by atoms with Crippen molar-refractivity contribution >= 4 is 0 Å². The Balaban J connectivity index is 2.64. The lowest BCUT2D eigenvalue weighted by atomic mass is 9.77. The molecule has 0 aliphatic carbocycles. The molecule has 2 nitrogen and oxygen atoms in total. The predicted octanol–water partition coefficient (Wildman–Crippen LogP) is 0.815. The topological polar surface area (TPSA) is 38.0 Å². The monoisotopic (exact) mass is 160 g/mol. The van der Waals surface area contributed by atoms with Gasteiger partial charge in [-0.1, -0.05) is 0 Å². The standard InChI is InChI=1S/C8H17FN2/c1-7(2,9)8(10)3-5-11-6-4-8/h11H,3-6,10H2,1-2H3. The number of halogens is 1. The smallest absolute Gasteiger partial charge is 0.123 e. The van der Waals surface area contributed by atoms with Gasteiger partial charge in [0.05, 0.1) is 5.54 Å². The van der Waals surface area contributed by atoms with Crippen molar-refractivity contribution in [1.82, 2.24) is 5.32 Å². The predicted molar refractivity (Wildman–Crippen MR) is 44.2 cm³/mol. The number of hydrogen-bond acceptors (Lipinski definition) is 2. The van der Waals surface area contributed by atoms with Crippen LogP contribution in [-0.2, 0) is 0 Å². The van der Waals surface area contributed by atoms with E-state index in [-0.39, 0.29) is 0 Å². The highest BCUT2D eigenvalue weighted by Crippen LogP contribution is 2.30. The molecule has 0 aromatic rings. The Morgan fingerprint density at radius 1 is 1.36 bits per heavy atom. The number of rotatable bonds is 1. The summed E-state index contributed by atoms with van der Waals surface area (Å²) in [5.41, 5.74) is 4.05. The summed E-state index contributed by atoms with van der Waals surface area (Å²) in [6.45, 7) is 4.81. The first-order valence-corrected chi connectivity index (χ1v) is 4.14. The second-order valence-electron chi connectivity index (χ2n) is 3.88. The molecule has 0 spiro atoms. The van der Waals surface area contributed by atoms with Crippen molar-refractivity contribution in [2.75, 3.05) is 13.1 Å². The minimum absolute atomic E-state index is 0.613. The van der Waals surface area contributed by atoms with Crippen molar-refractivity contribution < 1.29 is 4.39 Å². The van der Waals surface area contributed by atoms with Crippen LogP contribution in [0.3, 0.4) is 0 Å². The second-order valence-corrected chi connectivity index (χ2v) is 3.88. The van der Waals surface area contributed by atoms with Crippen LogP contribution in [0.15, 0.2) is 0 Å². The Morgan fingerprint density at radius 2 is 1.82 bits per heavy atom. The van der Waals surface area contributed by atoms with Gasteiger partial charge in [-0.05, 0) is 39.8 Å². The fourth-order valence-electron chi connectivity index (χ4n) is 1.47. The maximum absolute atomic E-state index is 13.5. The van der Waals surface area contributed by atoms with Gasteiger partial charge in [-0.2, -0.15) is 0 Å². The highest BCUT2D eigenvalue weighted by atomic mass is 19.1. The molecule has 0 bridgehead atoms. The molecular formula is C8H17FN2. The zero-order chi connectivity index (χ0) is 8.54.